The molecule has 0 bridgehead atoms. The molecule has 3 nitrogen and oxygen atoms in total. The highest BCUT2D eigenvalue weighted by molar-refractivity contribution is 6.33. The molecule has 5 heteroatoms. The molecule has 0 spiro atoms. The zero-order valence-electron chi connectivity index (χ0n) is 9.50. The molecule has 1 aromatic rings. The van der Waals surface area contributed by atoms with Gasteiger partial charge >= 0.3 is 0 Å². The summed E-state index contributed by atoms with van der Waals surface area (Å²) in [6.45, 7) is 3.53. The van der Waals surface area contributed by atoms with Gasteiger partial charge < -0.3 is 5.32 Å². The van der Waals surface area contributed by atoms with Crippen LogP contribution in [0.2, 0.25) is 5.02 Å². The topological polar surface area (TPSA) is 52.9 Å². The van der Waals surface area contributed by atoms with E-state index in [1.807, 2.05) is 6.07 Å². The lowest BCUT2D eigenvalue weighted by Crippen LogP contribution is -2.25. The van der Waals surface area contributed by atoms with Crippen molar-refractivity contribution in [3.63, 3.8) is 0 Å². The summed E-state index contributed by atoms with van der Waals surface area (Å²) in [5.74, 6) is -1.88. The molecule has 1 amide bonds. The average Bonchev–Trinajstić information content (AvgIpc) is 2.24. The van der Waals surface area contributed by atoms with E-state index >= 15 is 0 Å². The molecular formula is C12H12ClFN2O. The van der Waals surface area contributed by atoms with Crippen molar-refractivity contribution in [1.82, 2.24) is 0 Å². The van der Waals surface area contributed by atoms with Crippen LogP contribution in [0.25, 0.3) is 0 Å². The Bertz CT molecular complexity index is 468. The van der Waals surface area contributed by atoms with E-state index < -0.39 is 17.6 Å². The molecule has 0 fully saturated rings. The molecular weight excluding hydrogens is 243 g/mol. The maximum atomic E-state index is 13.0. The van der Waals surface area contributed by atoms with Crippen molar-refractivity contribution < 1.29 is 9.18 Å². The van der Waals surface area contributed by atoms with Gasteiger partial charge in [-0.2, -0.15) is 5.26 Å². The minimum Gasteiger partial charge on any atom is -0.324 e. The summed E-state index contributed by atoms with van der Waals surface area (Å²) >= 11 is 5.80. The number of hydrogen-bond donors (Lipinski definition) is 1. The minimum atomic E-state index is -0.783. The number of benzene rings is 1. The summed E-state index contributed by atoms with van der Waals surface area (Å²) in [6, 6.07) is 5.57. The largest absolute Gasteiger partial charge is 0.324 e. The molecule has 0 radical (unpaired) electrons. The van der Waals surface area contributed by atoms with Gasteiger partial charge in [0.25, 0.3) is 0 Å². The van der Waals surface area contributed by atoms with E-state index in [-0.39, 0.29) is 16.6 Å². The van der Waals surface area contributed by atoms with Crippen molar-refractivity contribution in [2.24, 2.45) is 11.8 Å². The Morgan fingerprint density at radius 1 is 1.53 bits per heavy atom. The Morgan fingerprint density at radius 3 is 2.71 bits per heavy atom. The van der Waals surface area contributed by atoms with Gasteiger partial charge in [-0.15, -0.1) is 0 Å². The van der Waals surface area contributed by atoms with E-state index in [9.17, 15) is 9.18 Å². The molecule has 0 aliphatic carbocycles. The van der Waals surface area contributed by atoms with Crippen LogP contribution in [0.4, 0.5) is 10.1 Å². The third kappa shape index (κ3) is 3.43. The van der Waals surface area contributed by atoms with Gasteiger partial charge in [0.1, 0.15) is 11.7 Å². The Hall–Kier alpha value is -1.60. The fourth-order valence-corrected chi connectivity index (χ4v) is 1.48. The number of rotatable bonds is 3. The van der Waals surface area contributed by atoms with Gasteiger partial charge in [0, 0.05) is 0 Å². The molecule has 0 aliphatic rings. The van der Waals surface area contributed by atoms with E-state index in [0.717, 1.165) is 6.07 Å². The maximum Gasteiger partial charge on any atom is 0.242 e. The number of nitrogens with one attached hydrogen (secondary N) is 1. The zero-order valence-corrected chi connectivity index (χ0v) is 10.3. The van der Waals surface area contributed by atoms with Gasteiger partial charge in [-0.05, 0) is 24.1 Å². The highest BCUT2D eigenvalue weighted by Crippen LogP contribution is 2.23. The maximum absolute atomic E-state index is 13.0. The van der Waals surface area contributed by atoms with Crippen LogP contribution < -0.4 is 5.32 Å². The van der Waals surface area contributed by atoms with E-state index in [4.69, 9.17) is 16.9 Å². The number of carbonyl (C=O) groups excluding carboxylic acids is 1. The molecule has 0 saturated heterocycles. The third-order valence-corrected chi connectivity index (χ3v) is 2.60. The summed E-state index contributed by atoms with van der Waals surface area (Å²) in [6.07, 6.45) is 0. The Kier molecular flexibility index (Phi) is 4.47. The van der Waals surface area contributed by atoms with E-state index in [1.54, 1.807) is 13.8 Å². The van der Waals surface area contributed by atoms with Gasteiger partial charge in [-0.25, -0.2) is 4.39 Å². The van der Waals surface area contributed by atoms with Crippen LogP contribution >= 0.6 is 11.6 Å². The first-order valence-corrected chi connectivity index (χ1v) is 5.49. The quantitative estimate of drug-likeness (QED) is 0.900. The predicted molar refractivity (Wildman–Crippen MR) is 64.0 cm³/mol. The van der Waals surface area contributed by atoms with Crippen LogP contribution in [0.15, 0.2) is 18.2 Å². The molecule has 1 N–H and O–H groups in total. The van der Waals surface area contributed by atoms with E-state index in [1.165, 1.54) is 12.1 Å². The van der Waals surface area contributed by atoms with Crippen molar-refractivity contribution >= 4 is 23.2 Å². The molecule has 0 aliphatic heterocycles. The van der Waals surface area contributed by atoms with Gasteiger partial charge in [0.05, 0.1) is 16.8 Å². The molecule has 0 aromatic heterocycles. The number of hydrogen-bond acceptors (Lipinski definition) is 2. The second kappa shape index (κ2) is 5.65. The van der Waals surface area contributed by atoms with Crippen molar-refractivity contribution in [2.45, 2.75) is 13.8 Å². The summed E-state index contributed by atoms with van der Waals surface area (Å²) in [5.41, 5.74) is 0.178. The molecule has 1 unspecified atom stereocenters. The average molecular weight is 255 g/mol. The second-order valence-electron chi connectivity index (χ2n) is 3.96. The Morgan fingerprint density at radius 2 is 2.18 bits per heavy atom. The summed E-state index contributed by atoms with van der Waals surface area (Å²) < 4.78 is 13.0. The summed E-state index contributed by atoms with van der Waals surface area (Å²) in [7, 11) is 0. The van der Waals surface area contributed by atoms with Crippen LogP contribution in [-0.4, -0.2) is 5.91 Å². The van der Waals surface area contributed by atoms with Crippen LogP contribution in [0.5, 0.6) is 0 Å². The van der Waals surface area contributed by atoms with Crippen LogP contribution in [0, 0.1) is 29.0 Å². The lowest BCUT2D eigenvalue weighted by molar-refractivity contribution is -0.119. The summed E-state index contributed by atoms with van der Waals surface area (Å²) in [4.78, 5) is 11.7. The Balaban J connectivity index is 2.88. The first-order valence-electron chi connectivity index (χ1n) is 5.11. The van der Waals surface area contributed by atoms with Crippen LogP contribution in [0.3, 0.4) is 0 Å². The lowest BCUT2D eigenvalue weighted by atomic mass is 9.96. The van der Waals surface area contributed by atoms with E-state index in [2.05, 4.69) is 5.32 Å². The normalized spacial score (nSPS) is 12.0. The third-order valence-electron chi connectivity index (χ3n) is 2.27. The van der Waals surface area contributed by atoms with Crippen molar-refractivity contribution in [3.8, 4) is 6.07 Å². The van der Waals surface area contributed by atoms with Crippen LogP contribution in [0.1, 0.15) is 13.8 Å². The fourth-order valence-electron chi connectivity index (χ4n) is 1.31. The number of nitrogens with zero attached hydrogens (tertiary/aromatic N) is 1. The number of halogens is 2. The standard InChI is InChI=1S/C12H12ClFN2O/c1-7(2)9(6-15)12(17)16-11-5-8(14)3-4-10(11)13/h3-5,7,9H,1-2H3,(H,16,17). The lowest BCUT2D eigenvalue weighted by Gasteiger charge is -2.13. The molecule has 1 atom stereocenters. The highest BCUT2D eigenvalue weighted by Gasteiger charge is 2.22. The van der Waals surface area contributed by atoms with Crippen molar-refractivity contribution in [2.75, 3.05) is 5.32 Å². The zero-order chi connectivity index (χ0) is 13.0. The molecule has 17 heavy (non-hydrogen) atoms. The number of amides is 1. The molecule has 0 saturated carbocycles. The fraction of sp³-hybridized carbons (Fsp3) is 0.333. The number of anilines is 1. The molecule has 1 aromatic carbocycles. The van der Waals surface area contributed by atoms with Gasteiger partial charge in [-0.1, -0.05) is 25.4 Å². The SMILES string of the molecule is CC(C)C(C#N)C(=O)Nc1cc(F)ccc1Cl. The van der Waals surface area contributed by atoms with Crippen molar-refractivity contribution in [1.29, 1.82) is 5.26 Å². The first kappa shape index (κ1) is 13.5. The second-order valence-corrected chi connectivity index (χ2v) is 4.37. The monoisotopic (exact) mass is 254 g/mol. The highest BCUT2D eigenvalue weighted by atomic mass is 35.5. The first-order chi connectivity index (χ1) is 7.95. The van der Waals surface area contributed by atoms with Gasteiger partial charge in [-0.3, -0.25) is 4.79 Å². The smallest absolute Gasteiger partial charge is 0.242 e. The Labute approximate surface area is 104 Å². The number of carbonyl (C=O) groups is 1. The summed E-state index contributed by atoms with van der Waals surface area (Å²) in [5, 5.41) is 11.5. The minimum absolute atomic E-state index is 0.118. The van der Waals surface area contributed by atoms with Gasteiger partial charge in [0.15, 0.2) is 0 Å². The van der Waals surface area contributed by atoms with Crippen molar-refractivity contribution in [3.05, 3.63) is 29.0 Å². The van der Waals surface area contributed by atoms with Crippen LogP contribution in [-0.2, 0) is 4.79 Å². The van der Waals surface area contributed by atoms with E-state index in [0.29, 0.717) is 0 Å². The molecule has 90 valence electrons. The molecule has 1 rings (SSSR count). The number of nitriles is 1. The molecule has 0 heterocycles. The van der Waals surface area contributed by atoms with Gasteiger partial charge in [0.2, 0.25) is 5.91 Å². The predicted octanol–water partition coefficient (Wildman–Crippen LogP) is 3.21.